The molecule has 1 aromatic carbocycles. The lowest BCUT2D eigenvalue weighted by Gasteiger charge is -2.45. The van der Waals surface area contributed by atoms with Crippen molar-refractivity contribution in [3.63, 3.8) is 0 Å². The molecule has 0 unspecified atom stereocenters. The van der Waals surface area contributed by atoms with Crippen LogP contribution in [0.4, 0.5) is 4.79 Å². The summed E-state index contributed by atoms with van der Waals surface area (Å²) in [4.78, 5) is 41.6. The predicted octanol–water partition coefficient (Wildman–Crippen LogP) is 3.73. The Morgan fingerprint density at radius 2 is 1.97 bits per heavy atom. The highest BCUT2D eigenvalue weighted by Crippen LogP contribution is 2.37. The summed E-state index contributed by atoms with van der Waals surface area (Å²) in [6.07, 6.45) is 1.55. The van der Waals surface area contributed by atoms with E-state index >= 15 is 0 Å². The molecule has 1 fully saturated rings. The van der Waals surface area contributed by atoms with E-state index in [-0.39, 0.29) is 32.5 Å². The van der Waals surface area contributed by atoms with Crippen LogP contribution in [0, 0.1) is 16.7 Å². The van der Waals surface area contributed by atoms with E-state index in [1.807, 2.05) is 0 Å². The van der Waals surface area contributed by atoms with Crippen LogP contribution in [-0.4, -0.2) is 46.5 Å². The fourth-order valence-electron chi connectivity index (χ4n) is 3.36. The quantitative estimate of drug-likeness (QED) is 0.558. The molecule has 1 saturated heterocycles. The number of carbonyl (C=O) groups excluding carboxylic acids is 3. The summed E-state index contributed by atoms with van der Waals surface area (Å²) in [7, 11) is 0. The Bertz CT molecular complexity index is 823. The average molecular weight is 397 g/mol. The summed E-state index contributed by atoms with van der Waals surface area (Å²) in [5.74, 6) is -0.893. The van der Waals surface area contributed by atoms with E-state index in [1.165, 1.54) is 4.90 Å². The average Bonchev–Trinajstić information content (AvgIpc) is 2.67. The smallest absolute Gasteiger partial charge is 0.411 e. The monoisotopic (exact) mass is 397 g/mol. The van der Waals surface area contributed by atoms with Gasteiger partial charge in [0.05, 0.1) is 11.5 Å². The molecule has 1 aliphatic rings. The van der Waals surface area contributed by atoms with Gasteiger partial charge in [-0.05, 0) is 45.7 Å². The Morgan fingerprint density at radius 3 is 2.52 bits per heavy atom. The molecule has 0 aromatic heterocycles. The molecule has 3 amide bonds. The molecule has 1 heterocycles. The Balaban J connectivity index is 2.44. The summed E-state index contributed by atoms with van der Waals surface area (Å²) in [5.41, 5.74) is -1.47. The fraction of sp³-hybridized carbons (Fsp3) is 0.455. The molecule has 1 aromatic rings. The van der Waals surface area contributed by atoms with Crippen LogP contribution < -0.4 is 0 Å². The van der Waals surface area contributed by atoms with Crippen LogP contribution in [0.25, 0.3) is 0 Å². The fourth-order valence-corrected chi connectivity index (χ4v) is 3.36. The number of hydrogen-bond donors (Lipinski definition) is 0. The molecule has 0 spiro atoms. The Labute approximate surface area is 171 Å². The third-order valence-electron chi connectivity index (χ3n) is 4.67. The van der Waals surface area contributed by atoms with E-state index in [4.69, 9.17) is 10.00 Å². The first-order valence-corrected chi connectivity index (χ1v) is 9.51. The van der Waals surface area contributed by atoms with Gasteiger partial charge >= 0.3 is 6.09 Å². The Morgan fingerprint density at radius 1 is 1.31 bits per heavy atom. The van der Waals surface area contributed by atoms with Gasteiger partial charge in [0.1, 0.15) is 12.3 Å². The van der Waals surface area contributed by atoms with Crippen LogP contribution in [-0.2, 0) is 9.53 Å². The van der Waals surface area contributed by atoms with Gasteiger partial charge in [-0.1, -0.05) is 24.3 Å². The number of rotatable bonds is 5. The van der Waals surface area contributed by atoms with Crippen molar-refractivity contribution in [1.82, 2.24) is 9.80 Å². The van der Waals surface area contributed by atoms with Gasteiger partial charge in [-0.3, -0.25) is 19.4 Å². The largest absolute Gasteiger partial charge is 0.444 e. The minimum Gasteiger partial charge on any atom is -0.444 e. The number of benzene rings is 1. The van der Waals surface area contributed by atoms with Gasteiger partial charge in [0.25, 0.3) is 5.91 Å². The molecule has 0 radical (unpaired) electrons. The van der Waals surface area contributed by atoms with E-state index in [9.17, 15) is 14.4 Å². The molecule has 2 rings (SSSR count). The first-order chi connectivity index (χ1) is 13.6. The Kier molecular flexibility index (Phi) is 6.80. The standard InChI is InChI=1S/C22H27N3O4/c1-5-12-22(13-9-14-23)15-24(20(28)29-21(2,3)4)16-25(19(22)27)18(26)17-10-7-6-8-11-17/h5-8,10-11H,1,9,12-13,15-16H2,2-4H3/t22-/m0/s1. The van der Waals surface area contributed by atoms with E-state index < -0.39 is 28.9 Å². The van der Waals surface area contributed by atoms with Crippen LogP contribution in [0.3, 0.4) is 0 Å². The molecule has 0 N–H and O–H groups in total. The van der Waals surface area contributed by atoms with Gasteiger partial charge in [-0.15, -0.1) is 6.58 Å². The molecule has 0 aliphatic carbocycles. The number of nitriles is 1. The third-order valence-corrected chi connectivity index (χ3v) is 4.67. The van der Waals surface area contributed by atoms with Crippen molar-refractivity contribution >= 4 is 17.9 Å². The van der Waals surface area contributed by atoms with E-state index in [1.54, 1.807) is 57.2 Å². The van der Waals surface area contributed by atoms with Gasteiger partial charge in [0, 0.05) is 18.5 Å². The van der Waals surface area contributed by atoms with Crippen molar-refractivity contribution < 1.29 is 19.1 Å². The lowest BCUT2D eigenvalue weighted by atomic mass is 9.77. The van der Waals surface area contributed by atoms with Gasteiger partial charge in [-0.25, -0.2) is 4.79 Å². The van der Waals surface area contributed by atoms with Crippen LogP contribution in [0.2, 0.25) is 0 Å². The lowest BCUT2D eigenvalue weighted by molar-refractivity contribution is -0.148. The number of carbonyl (C=O) groups is 3. The molecule has 0 saturated carbocycles. The van der Waals surface area contributed by atoms with Gasteiger partial charge in [0.2, 0.25) is 5.91 Å². The summed E-state index contributed by atoms with van der Waals surface area (Å²) < 4.78 is 5.47. The molecule has 154 valence electrons. The van der Waals surface area contributed by atoms with Crippen molar-refractivity contribution in [3.8, 4) is 6.07 Å². The number of hydrogen-bond acceptors (Lipinski definition) is 5. The molecule has 0 bridgehead atoms. The van der Waals surface area contributed by atoms with Crippen LogP contribution >= 0.6 is 0 Å². The predicted molar refractivity (Wildman–Crippen MR) is 108 cm³/mol. The van der Waals surface area contributed by atoms with Crippen molar-refractivity contribution in [2.75, 3.05) is 13.2 Å². The van der Waals surface area contributed by atoms with Crippen LogP contribution in [0.5, 0.6) is 0 Å². The van der Waals surface area contributed by atoms with Gasteiger partial charge in [0.15, 0.2) is 0 Å². The molecular weight excluding hydrogens is 370 g/mol. The highest BCUT2D eigenvalue weighted by molar-refractivity contribution is 6.07. The number of ether oxygens (including phenoxy) is 1. The second-order valence-electron chi connectivity index (χ2n) is 8.16. The minimum absolute atomic E-state index is 0.0625. The highest BCUT2D eigenvalue weighted by atomic mass is 16.6. The molecular formula is C22H27N3O4. The van der Waals surface area contributed by atoms with Crippen molar-refractivity contribution in [1.29, 1.82) is 5.26 Å². The number of allylic oxidation sites excluding steroid dienone is 1. The molecule has 29 heavy (non-hydrogen) atoms. The van der Waals surface area contributed by atoms with Gasteiger partial charge in [-0.2, -0.15) is 5.26 Å². The SMILES string of the molecule is C=CC[C@]1(CCC#N)CN(C(=O)OC(C)(C)C)CN(C(=O)c2ccccc2)C1=O. The summed E-state index contributed by atoms with van der Waals surface area (Å²) in [5, 5.41) is 9.07. The first-order valence-electron chi connectivity index (χ1n) is 9.51. The lowest BCUT2D eigenvalue weighted by Crippen LogP contribution is -2.62. The summed E-state index contributed by atoms with van der Waals surface area (Å²) >= 11 is 0. The van der Waals surface area contributed by atoms with Crippen molar-refractivity contribution in [2.24, 2.45) is 5.41 Å². The van der Waals surface area contributed by atoms with Crippen LogP contribution in [0.1, 0.15) is 50.4 Å². The Hall–Kier alpha value is -3.14. The summed E-state index contributed by atoms with van der Waals surface area (Å²) in [6, 6.07) is 10.5. The maximum Gasteiger partial charge on any atom is 0.411 e. The number of nitrogens with zero attached hydrogens (tertiary/aromatic N) is 3. The van der Waals surface area contributed by atoms with Crippen LogP contribution in [0.15, 0.2) is 43.0 Å². The number of imide groups is 1. The zero-order valence-corrected chi connectivity index (χ0v) is 17.2. The molecule has 1 aliphatic heterocycles. The topological polar surface area (TPSA) is 90.7 Å². The zero-order valence-electron chi connectivity index (χ0n) is 17.2. The van der Waals surface area contributed by atoms with Crippen molar-refractivity contribution in [3.05, 3.63) is 48.6 Å². The first kappa shape index (κ1) is 22.2. The molecule has 7 heteroatoms. The maximum atomic E-state index is 13.4. The van der Waals surface area contributed by atoms with E-state index in [2.05, 4.69) is 12.6 Å². The molecule has 7 nitrogen and oxygen atoms in total. The zero-order chi connectivity index (χ0) is 21.7. The second kappa shape index (κ2) is 8.91. The third kappa shape index (κ3) is 5.23. The van der Waals surface area contributed by atoms with Crippen molar-refractivity contribution in [2.45, 2.75) is 45.6 Å². The second-order valence-corrected chi connectivity index (χ2v) is 8.16. The highest BCUT2D eigenvalue weighted by Gasteiger charge is 2.49. The molecule has 1 atom stereocenters. The minimum atomic E-state index is -1.10. The normalized spacial score (nSPS) is 19.4. The van der Waals surface area contributed by atoms with Gasteiger partial charge < -0.3 is 4.74 Å². The van der Waals surface area contributed by atoms with E-state index in [0.717, 1.165) is 4.90 Å². The summed E-state index contributed by atoms with van der Waals surface area (Å²) in [6.45, 7) is 8.84. The number of amides is 3. The maximum absolute atomic E-state index is 13.4. The van der Waals surface area contributed by atoms with E-state index in [0.29, 0.717) is 5.56 Å².